The number of methoxy groups -OCH3 is 1. The molecule has 0 aliphatic carbocycles. The summed E-state index contributed by atoms with van der Waals surface area (Å²) in [5, 5.41) is 0. The van der Waals surface area contributed by atoms with Gasteiger partial charge in [0.15, 0.2) is 0 Å². The number of rotatable bonds is 5. The van der Waals surface area contributed by atoms with Gasteiger partial charge in [0.2, 0.25) is 0 Å². The van der Waals surface area contributed by atoms with E-state index in [9.17, 15) is 0 Å². The van der Waals surface area contributed by atoms with Crippen LogP contribution in [0.5, 0.6) is 5.75 Å². The van der Waals surface area contributed by atoms with Crippen LogP contribution >= 0.6 is 0 Å². The molecule has 0 saturated heterocycles. The molecule has 0 amide bonds. The van der Waals surface area contributed by atoms with Crippen molar-refractivity contribution in [2.75, 3.05) is 14.2 Å². The van der Waals surface area contributed by atoms with Gasteiger partial charge in [-0.2, -0.15) is 0 Å². The number of hydrogen-bond acceptors (Lipinski definition) is 1. The topological polar surface area (TPSA) is 9.23 Å². The first-order chi connectivity index (χ1) is 9.09. The minimum Gasteiger partial charge on any atom is -0.497 e. The predicted molar refractivity (Wildman–Crippen MR) is 77.3 cm³/mol. The van der Waals surface area contributed by atoms with Crippen molar-refractivity contribution < 1.29 is 9.22 Å². The van der Waals surface area contributed by atoms with E-state index in [2.05, 4.69) is 24.3 Å². The molecule has 0 aromatic heterocycles. The second kappa shape index (κ2) is 5.89. The molecule has 2 nitrogen and oxygen atoms in total. The Hall–Kier alpha value is -1.80. The van der Waals surface area contributed by atoms with E-state index in [1.54, 1.807) is 7.11 Å². The summed E-state index contributed by atoms with van der Waals surface area (Å²) < 4.78 is 5.60. The Morgan fingerprint density at radius 3 is 1.95 bits per heavy atom. The second-order valence-corrected chi connectivity index (χ2v) is 5.13. The van der Waals surface area contributed by atoms with Gasteiger partial charge in [-0.3, -0.25) is 0 Å². The molecule has 2 heteroatoms. The summed E-state index contributed by atoms with van der Waals surface area (Å²) >= 11 is 0. The Morgan fingerprint density at radius 2 is 1.42 bits per heavy atom. The largest absolute Gasteiger partial charge is 0.497 e. The molecule has 0 saturated carbocycles. The van der Waals surface area contributed by atoms with E-state index in [1.807, 2.05) is 37.4 Å². The van der Waals surface area contributed by atoms with Crippen LogP contribution < -0.4 is 4.74 Å². The van der Waals surface area contributed by atoms with Gasteiger partial charge in [-0.1, -0.05) is 30.3 Å². The van der Waals surface area contributed by atoms with E-state index in [-0.39, 0.29) is 0 Å². The third kappa shape index (κ3) is 4.11. The van der Waals surface area contributed by atoms with Crippen molar-refractivity contribution in [1.29, 1.82) is 0 Å². The third-order valence-electron chi connectivity index (χ3n) is 3.09. The van der Waals surface area contributed by atoms with E-state index >= 15 is 0 Å². The quantitative estimate of drug-likeness (QED) is 0.586. The maximum atomic E-state index is 6.36. The highest BCUT2D eigenvalue weighted by Crippen LogP contribution is 2.18. The Labute approximate surface area is 115 Å². The van der Waals surface area contributed by atoms with Crippen LogP contribution in [0.15, 0.2) is 54.6 Å². The lowest BCUT2D eigenvalue weighted by atomic mass is 10.1. The second-order valence-electron chi connectivity index (χ2n) is 5.13. The van der Waals surface area contributed by atoms with Gasteiger partial charge < -0.3 is 9.22 Å². The molecule has 2 rings (SSSR count). The summed E-state index contributed by atoms with van der Waals surface area (Å²) in [6, 6.07) is 18.4. The molecular formula is C17H20NO. The van der Waals surface area contributed by atoms with Crippen LogP contribution in [0, 0.1) is 7.05 Å². The zero-order chi connectivity index (χ0) is 13.7. The first-order valence-corrected chi connectivity index (χ1v) is 6.39. The van der Waals surface area contributed by atoms with Crippen LogP contribution in [0.25, 0.3) is 0 Å². The zero-order valence-corrected chi connectivity index (χ0v) is 11.5. The molecule has 1 unspecified atom stereocenters. The molecule has 0 aliphatic rings. The van der Waals surface area contributed by atoms with Crippen LogP contribution in [0.4, 0.5) is 0 Å². The predicted octanol–water partition coefficient (Wildman–Crippen LogP) is 3.51. The molecule has 0 heterocycles. The minimum atomic E-state index is 0.441. The van der Waals surface area contributed by atoms with Crippen molar-refractivity contribution in [3.63, 3.8) is 0 Å². The normalized spacial score (nSPS) is 13.8. The molecule has 0 N–H and O–H groups in total. The number of ether oxygens (including phenoxy) is 1. The Kier molecular flexibility index (Phi) is 4.23. The van der Waals surface area contributed by atoms with Crippen molar-refractivity contribution in [3.8, 4) is 5.75 Å². The smallest absolute Gasteiger partial charge is 0.118 e. The highest BCUT2D eigenvalue weighted by Gasteiger charge is 2.10. The Balaban J connectivity index is 2.03. The Bertz CT molecular complexity index is 503. The third-order valence-corrected chi connectivity index (χ3v) is 3.09. The van der Waals surface area contributed by atoms with Crippen molar-refractivity contribution in [2.24, 2.45) is 0 Å². The fraction of sp³-hybridized carbons (Fsp3) is 0.235. The maximum absolute atomic E-state index is 6.36. The van der Waals surface area contributed by atoms with Gasteiger partial charge in [0.05, 0.1) is 20.2 Å². The molecule has 0 bridgehead atoms. The number of benzene rings is 2. The maximum Gasteiger partial charge on any atom is 0.118 e. The summed E-state index contributed by atoms with van der Waals surface area (Å²) in [6.45, 7) is 1.60. The number of hydrogen-bond donors (Lipinski definition) is 0. The SMILES string of the molecule is [CH-][N+](C)(Cc1ccccc1)Cc1ccc(OC)cc1. The summed E-state index contributed by atoms with van der Waals surface area (Å²) in [5.74, 6) is 0.873. The van der Waals surface area contributed by atoms with Gasteiger partial charge in [0.1, 0.15) is 5.75 Å². The van der Waals surface area contributed by atoms with Crippen molar-refractivity contribution in [2.45, 2.75) is 13.1 Å². The first kappa shape index (κ1) is 13.6. The van der Waals surface area contributed by atoms with Crippen LogP contribution in [-0.2, 0) is 13.1 Å². The van der Waals surface area contributed by atoms with E-state index in [4.69, 9.17) is 11.8 Å². The minimum absolute atomic E-state index is 0.441. The summed E-state index contributed by atoms with van der Waals surface area (Å²) in [4.78, 5) is 0. The Morgan fingerprint density at radius 1 is 0.895 bits per heavy atom. The van der Waals surface area contributed by atoms with Crippen LogP contribution in [-0.4, -0.2) is 18.6 Å². The standard InChI is InChI=1S/C17H20NO/c1-18(2,13-15-7-5-4-6-8-15)14-16-9-11-17(19-3)12-10-16/h1,4-12H,13-14H2,2-3H3. The van der Waals surface area contributed by atoms with E-state index in [0.29, 0.717) is 4.48 Å². The fourth-order valence-electron chi connectivity index (χ4n) is 2.20. The average molecular weight is 254 g/mol. The summed E-state index contributed by atoms with van der Waals surface area (Å²) in [5.41, 5.74) is 2.46. The molecule has 19 heavy (non-hydrogen) atoms. The molecule has 0 aliphatic heterocycles. The monoisotopic (exact) mass is 254 g/mol. The van der Waals surface area contributed by atoms with Gasteiger partial charge in [0.25, 0.3) is 0 Å². The number of nitrogens with zero attached hydrogens (tertiary/aromatic N) is 1. The van der Waals surface area contributed by atoms with Crippen molar-refractivity contribution >= 4 is 0 Å². The lowest BCUT2D eigenvalue weighted by Gasteiger charge is -2.40. The fourth-order valence-corrected chi connectivity index (χ4v) is 2.20. The lowest BCUT2D eigenvalue weighted by molar-refractivity contribution is -0.893. The van der Waals surface area contributed by atoms with E-state index < -0.39 is 0 Å². The highest BCUT2D eigenvalue weighted by atomic mass is 16.5. The molecule has 1 atom stereocenters. The van der Waals surface area contributed by atoms with Gasteiger partial charge >= 0.3 is 0 Å². The highest BCUT2D eigenvalue weighted by molar-refractivity contribution is 5.26. The van der Waals surface area contributed by atoms with Crippen LogP contribution in [0.2, 0.25) is 0 Å². The van der Waals surface area contributed by atoms with E-state index in [1.165, 1.54) is 11.1 Å². The zero-order valence-electron chi connectivity index (χ0n) is 11.5. The molecule has 0 fully saturated rings. The molecule has 99 valence electrons. The van der Waals surface area contributed by atoms with Gasteiger partial charge in [-0.05, 0) is 24.3 Å². The van der Waals surface area contributed by atoms with Crippen molar-refractivity contribution in [3.05, 3.63) is 72.8 Å². The molecular weight excluding hydrogens is 234 g/mol. The van der Waals surface area contributed by atoms with Crippen LogP contribution in [0.3, 0.4) is 0 Å². The van der Waals surface area contributed by atoms with Crippen molar-refractivity contribution in [1.82, 2.24) is 0 Å². The molecule has 1 radical (unpaired) electrons. The van der Waals surface area contributed by atoms with E-state index in [0.717, 1.165) is 18.8 Å². The molecule has 2 aromatic carbocycles. The first-order valence-electron chi connectivity index (χ1n) is 6.39. The lowest BCUT2D eigenvalue weighted by Crippen LogP contribution is -2.35. The van der Waals surface area contributed by atoms with Gasteiger partial charge in [0, 0.05) is 18.2 Å². The molecule has 2 aromatic rings. The number of quaternary nitrogens is 1. The summed E-state index contributed by atoms with van der Waals surface area (Å²) in [6.07, 6.45) is 0. The van der Waals surface area contributed by atoms with Gasteiger partial charge in [-0.25, -0.2) is 7.05 Å². The van der Waals surface area contributed by atoms with Crippen LogP contribution in [0.1, 0.15) is 11.1 Å². The van der Waals surface area contributed by atoms with Gasteiger partial charge in [-0.15, -0.1) is 0 Å². The average Bonchev–Trinajstić information content (AvgIpc) is 2.39. The molecule has 0 spiro atoms. The summed E-state index contributed by atoms with van der Waals surface area (Å²) in [7, 11) is 10.1.